The minimum absolute atomic E-state index is 0.00642. The number of carbonyl (C=O) groups excluding carboxylic acids is 1. The van der Waals surface area contributed by atoms with E-state index in [2.05, 4.69) is 67.9 Å². The fourth-order valence-corrected chi connectivity index (χ4v) is 4.46. The molecule has 1 heterocycles. The van der Waals surface area contributed by atoms with Crippen LogP contribution in [-0.2, 0) is 11.3 Å². The fourth-order valence-electron chi connectivity index (χ4n) is 3.69. The maximum atomic E-state index is 12.7. The summed E-state index contributed by atoms with van der Waals surface area (Å²) in [5.74, 6) is 1.69. The quantitative estimate of drug-likeness (QED) is 0.530. The van der Waals surface area contributed by atoms with Gasteiger partial charge in [-0.25, -0.2) is 0 Å². The van der Waals surface area contributed by atoms with E-state index in [1.54, 1.807) is 0 Å². The van der Waals surface area contributed by atoms with Crippen molar-refractivity contribution in [3.05, 3.63) is 35.2 Å². The molecular formula is C23H38N5OS+. The van der Waals surface area contributed by atoms with Crippen molar-refractivity contribution in [3.63, 3.8) is 0 Å². The standard InChI is InChI=1S/C23H37N5OS/c1-8-10-14-28-22(19(9-2)27(6)7)25-26-23(28)30-15-20(29)24-21-17(5)12-11-13-18(21)16(3)4/h11-13,16,19H,8-10,14-15H2,1-7H3,(H,24,29)/p+1/t19-/m1/s1. The summed E-state index contributed by atoms with van der Waals surface area (Å²) in [6, 6.07) is 6.47. The Morgan fingerprint density at radius 3 is 2.57 bits per heavy atom. The van der Waals surface area contributed by atoms with Crippen molar-refractivity contribution in [1.82, 2.24) is 14.8 Å². The maximum Gasteiger partial charge on any atom is 0.234 e. The van der Waals surface area contributed by atoms with Gasteiger partial charge in [0, 0.05) is 18.7 Å². The first-order valence-corrected chi connectivity index (χ1v) is 12.0. The predicted octanol–water partition coefficient (Wildman–Crippen LogP) is 3.84. The van der Waals surface area contributed by atoms with E-state index in [0.717, 1.165) is 48.0 Å². The van der Waals surface area contributed by atoms with Crippen LogP contribution in [0.1, 0.15) is 75.9 Å². The number of nitrogens with one attached hydrogen (secondary N) is 2. The third-order valence-corrected chi connectivity index (χ3v) is 6.39. The summed E-state index contributed by atoms with van der Waals surface area (Å²) in [6.45, 7) is 11.6. The van der Waals surface area contributed by atoms with Crippen molar-refractivity contribution in [2.24, 2.45) is 0 Å². The Labute approximate surface area is 185 Å². The first kappa shape index (κ1) is 24.4. The zero-order valence-corrected chi connectivity index (χ0v) is 20.4. The van der Waals surface area contributed by atoms with Crippen LogP contribution in [0, 0.1) is 6.92 Å². The van der Waals surface area contributed by atoms with Crippen molar-refractivity contribution >= 4 is 23.4 Å². The van der Waals surface area contributed by atoms with E-state index in [0.29, 0.717) is 17.7 Å². The number of benzene rings is 1. The van der Waals surface area contributed by atoms with Crippen LogP contribution in [0.4, 0.5) is 5.69 Å². The predicted molar refractivity (Wildman–Crippen MR) is 125 cm³/mol. The summed E-state index contributed by atoms with van der Waals surface area (Å²) in [5, 5.41) is 12.9. The lowest BCUT2D eigenvalue weighted by Gasteiger charge is -2.20. The van der Waals surface area contributed by atoms with E-state index in [1.807, 2.05) is 19.1 Å². The molecule has 0 radical (unpaired) electrons. The average molecular weight is 433 g/mol. The van der Waals surface area contributed by atoms with Crippen LogP contribution in [0.15, 0.2) is 23.4 Å². The second-order valence-corrected chi connectivity index (χ2v) is 9.36. The molecule has 6 nitrogen and oxygen atoms in total. The lowest BCUT2D eigenvalue weighted by molar-refractivity contribution is -0.893. The number of nitrogens with zero attached hydrogens (tertiary/aromatic N) is 3. The highest BCUT2D eigenvalue weighted by Gasteiger charge is 2.25. The molecule has 0 bridgehead atoms. The molecule has 2 aromatic rings. The topological polar surface area (TPSA) is 64.2 Å². The number of quaternary nitrogens is 1. The molecule has 1 aromatic carbocycles. The normalized spacial score (nSPS) is 12.6. The molecular weight excluding hydrogens is 394 g/mol. The highest BCUT2D eigenvalue weighted by atomic mass is 32.2. The number of hydrogen-bond donors (Lipinski definition) is 2. The molecule has 1 aromatic heterocycles. The first-order chi connectivity index (χ1) is 14.3. The van der Waals surface area contributed by atoms with Crippen molar-refractivity contribution in [3.8, 4) is 0 Å². The number of carbonyl (C=O) groups is 1. The number of anilines is 1. The number of rotatable bonds is 11. The summed E-state index contributed by atoms with van der Waals surface area (Å²) < 4.78 is 2.22. The monoisotopic (exact) mass is 432 g/mol. The number of hydrogen-bond acceptors (Lipinski definition) is 4. The summed E-state index contributed by atoms with van der Waals surface area (Å²) in [6.07, 6.45) is 3.19. The second-order valence-electron chi connectivity index (χ2n) is 8.41. The van der Waals surface area contributed by atoms with Crippen molar-refractivity contribution in [2.45, 2.75) is 77.5 Å². The Morgan fingerprint density at radius 1 is 1.23 bits per heavy atom. The largest absolute Gasteiger partial charge is 0.331 e. The van der Waals surface area contributed by atoms with Gasteiger partial charge in [-0.1, -0.05) is 64.1 Å². The fraction of sp³-hybridized carbons (Fsp3) is 0.609. The zero-order chi connectivity index (χ0) is 22.3. The van der Waals surface area contributed by atoms with Gasteiger partial charge in [-0.2, -0.15) is 0 Å². The highest BCUT2D eigenvalue weighted by Crippen LogP contribution is 2.28. The van der Waals surface area contributed by atoms with Gasteiger partial charge in [0.1, 0.15) is 6.04 Å². The molecule has 0 aliphatic carbocycles. The molecule has 0 aliphatic heterocycles. The number of unbranched alkanes of at least 4 members (excludes halogenated alkanes) is 1. The van der Waals surface area contributed by atoms with Crippen LogP contribution >= 0.6 is 11.8 Å². The maximum absolute atomic E-state index is 12.7. The van der Waals surface area contributed by atoms with Gasteiger partial charge in [0.05, 0.1) is 19.8 Å². The third kappa shape index (κ3) is 6.08. The van der Waals surface area contributed by atoms with E-state index in [-0.39, 0.29) is 5.91 Å². The van der Waals surface area contributed by atoms with Crippen LogP contribution in [-0.4, -0.2) is 40.5 Å². The SMILES string of the molecule is CCCCn1c(SCC(=O)Nc2c(C)cccc2C(C)C)nnc1[C@@H](CC)[NH+](C)C. The van der Waals surface area contributed by atoms with Gasteiger partial charge in [-0.15, -0.1) is 10.2 Å². The van der Waals surface area contributed by atoms with Gasteiger partial charge >= 0.3 is 0 Å². The molecule has 2 N–H and O–H groups in total. The van der Waals surface area contributed by atoms with Crippen LogP contribution in [0.3, 0.4) is 0 Å². The molecule has 0 aliphatic rings. The molecule has 0 spiro atoms. The Balaban J connectivity index is 2.15. The zero-order valence-electron chi connectivity index (χ0n) is 19.6. The number of amides is 1. The smallest absolute Gasteiger partial charge is 0.234 e. The van der Waals surface area contributed by atoms with E-state index in [9.17, 15) is 4.79 Å². The molecule has 0 unspecified atom stereocenters. The lowest BCUT2D eigenvalue weighted by atomic mass is 9.98. The summed E-state index contributed by atoms with van der Waals surface area (Å²) in [5.41, 5.74) is 3.20. The minimum atomic E-state index is -0.00642. The van der Waals surface area contributed by atoms with E-state index < -0.39 is 0 Å². The second kappa shape index (κ2) is 11.5. The molecule has 166 valence electrons. The molecule has 7 heteroatoms. The van der Waals surface area contributed by atoms with Gasteiger partial charge in [0.2, 0.25) is 5.91 Å². The van der Waals surface area contributed by atoms with Crippen LogP contribution in [0.25, 0.3) is 0 Å². The van der Waals surface area contributed by atoms with Gasteiger partial charge in [0.25, 0.3) is 0 Å². The summed E-state index contributed by atoms with van der Waals surface area (Å²) in [7, 11) is 4.31. The number of para-hydroxylation sites is 1. The minimum Gasteiger partial charge on any atom is -0.331 e. The summed E-state index contributed by atoms with van der Waals surface area (Å²) >= 11 is 1.47. The third-order valence-electron chi connectivity index (χ3n) is 5.42. The van der Waals surface area contributed by atoms with Crippen molar-refractivity contribution in [2.75, 3.05) is 25.2 Å². The number of aryl methyl sites for hydroxylation is 1. The summed E-state index contributed by atoms with van der Waals surface area (Å²) in [4.78, 5) is 14.1. The lowest BCUT2D eigenvalue weighted by Crippen LogP contribution is -3.06. The number of aromatic nitrogens is 3. The first-order valence-electron chi connectivity index (χ1n) is 11.0. The van der Waals surface area contributed by atoms with Crippen LogP contribution < -0.4 is 10.2 Å². The van der Waals surface area contributed by atoms with Gasteiger partial charge < -0.3 is 14.8 Å². The van der Waals surface area contributed by atoms with Gasteiger partial charge in [0.15, 0.2) is 11.0 Å². The molecule has 2 rings (SSSR count). The molecule has 30 heavy (non-hydrogen) atoms. The van der Waals surface area contributed by atoms with Crippen LogP contribution in [0.2, 0.25) is 0 Å². The van der Waals surface area contributed by atoms with Gasteiger partial charge in [-0.05, 0) is 30.4 Å². The van der Waals surface area contributed by atoms with E-state index in [4.69, 9.17) is 0 Å². The Kier molecular flexibility index (Phi) is 9.37. The Morgan fingerprint density at radius 2 is 1.97 bits per heavy atom. The van der Waals surface area contributed by atoms with Gasteiger partial charge in [-0.3, -0.25) is 4.79 Å². The Bertz CT molecular complexity index is 831. The number of thioether (sulfide) groups is 1. The average Bonchev–Trinajstić information content (AvgIpc) is 3.08. The van der Waals surface area contributed by atoms with E-state index in [1.165, 1.54) is 22.2 Å². The molecule has 1 amide bonds. The van der Waals surface area contributed by atoms with E-state index >= 15 is 0 Å². The Hall–Kier alpha value is -1.86. The van der Waals surface area contributed by atoms with Crippen molar-refractivity contribution in [1.29, 1.82) is 0 Å². The highest BCUT2D eigenvalue weighted by molar-refractivity contribution is 7.99. The molecule has 0 fully saturated rings. The van der Waals surface area contributed by atoms with Crippen molar-refractivity contribution < 1.29 is 9.69 Å². The van der Waals surface area contributed by atoms with Crippen LogP contribution in [0.5, 0.6) is 0 Å². The molecule has 0 saturated carbocycles. The molecule has 0 saturated heterocycles. The molecule has 1 atom stereocenters.